The fourth-order valence-corrected chi connectivity index (χ4v) is 0.847. The number of hydrogen-bond acceptors (Lipinski definition) is 2. The summed E-state index contributed by atoms with van der Waals surface area (Å²) < 4.78 is 0. The van der Waals surface area contributed by atoms with Gasteiger partial charge in [-0.25, -0.2) is 4.79 Å². The maximum atomic E-state index is 10.8. The van der Waals surface area contributed by atoms with E-state index >= 15 is 0 Å². The van der Waals surface area contributed by atoms with Crippen molar-refractivity contribution in [3.8, 4) is 0 Å². The minimum atomic E-state index is -0.373. The SMILES string of the molecule is CCN(CCC(C)(C)N)C(N)=O. The Hall–Kier alpha value is -0.770. The molecule has 0 unspecified atom stereocenters. The van der Waals surface area contributed by atoms with Crippen LogP contribution in [0.15, 0.2) is 0 Å². The van der Waals surface area contributed by atoms with Gasteiger partial charge < -0.3 is 16.4 Å². The van der Waals surface area contributed by atoms with Gasteiger partial charge in [-0.2, -0.15) is 0 Å². The smallest absolute Gasteiger partial charge is 0.314 e. The van der Waals surface area contributed by atoms with Gasteiger partial charge in [-0.05, 0) is 27.2 Å². The highest BCUT2D eigenvalue weighted by Gasteiger charge is 2.14. The maximum absolute atomic E-state index is 10.8. The molecule has 12 heavy (non-hydrogen) atoms. The van der Waals surface area contributed by atoms with E-state index in [9.17, 15) is 4.79 Å². The number of hydrogen-bond donors (Lipinski definition) is 2. The van der Waals surface area contributed by atoms with Gasteiger partial charge in [0.05, 0.1) is 0 Å². The van der Waals surface area contributed by atoms with Crippen LogP contribution in [-0.2, 0) is 0 Å². The average molecular weight is 173 g/mol. The largest absolute Gasteiger partial charge is 0.351 e. The van der Waals surface area contributed by atoms with Crippen molar-refractivity contribution < 1.29 is 4.79 Å². The standard InChI is InChI=1S/C8H19N3O/c1-4-11(7(9)12)6-5-8(2,3)10/h4-6,10H2,1-3H3,(H2,9,12). The molecule has 4 N–H and O–H groups in total. The van der Waals surface area contributed by atoms with E-state index in [0.717, 1.165) is 6.42 Å². The summed E-state index contributed by atoms with van der Waals surface area (Å²) in [5.74, 6) is 0. The van der Waals surface area contributed by atoms with Crippen LogP contribution in [0.5, 0.6) is 0 Å². The van der Waals surface area contributed by atoms with Gasteiger partial charge in [0.15, 0.2) is 0 Å². The second-order valence-electron chi connectivity index (χ2n) is 3.66. The highest BCUT2D eigenvalue weighted by atomic mass is 16.2. The van der Waals surface area contributed by atoms with Crippen LogP contribution in [0, 0.1) is 0 Å². The Labute approximate surface area is 73.9 Å². The number of primary amides is 1. The third kappa shape index (κ3) is 4.96. The first-order valence-electron chi connectivity index (χ1n) is 4.20. The fraction of sp³-hybridized carbons (Fsp3) is 0.875. The number of nitrogens with two attached hydrogens (primary N) is 2. The molecule has 0 atom stereocenters. The molecule has 72 valence electrons. The third-order valence-electron chi connectivity index (χ3n) is 1.72. The van der Waals surface area contributed by atoms with Crippen molar-refractivity contribution in [2.75, 3.05) is 13.1 Å². The van der Waals surface area contributed by atoms with Gasteiger partial charge in [0.25, 0.3) is 0 Å². The van der Waals surface area contributed by atoms with Crippen molar-refractivity contribution in [3.63, 3.8) is 0 Å². The van der Waals surface area contributed by atoms with Crippen molar-refractivity contribution >= 4 is 6.03 Å². The topological polar surface area (TPSA) is 72.3 Å². The van der Waals surface area contributed by atoms with Crippen LogP contribution in [0.25, 0.3) is 0 Å². The molecule has 0 aliphatic heterocycles. The molecular formula is C8H19N3O. The first kappa shape index (κ1) is 11.2. The minimum Gasteiger partial charge on any atom is -0.351 e. The maximum Gasteiger partial charge on any atom is 0.314 e. The van der Waals surface area contributed by atoms with Gasteiger partial charge in [0.1, 0.15) is 0 Å². The normalized spacial score (nSPS) is 11.3. The lowest BCUT2D eigenvalue weighted by Gasteiger charge is -2.24. The number of carbonyl (C=O) groups is 1. The van der Waals surface area contributed by atoms with E-state index in [-0.39, 0.29) is 11.6 Å². The average Bonchev–Trinajstić information content (AvgIpc) is 1.85. The predicted molar refractivity (Wildman–Crippen MR) is 49.7 cm³/mol. The van der Waals surface area contributed by atoms with Gasteiger partial charge in [0, 0.05) is 18.6 Å². The molecule has 4 nitrogen and oxygen atoms in total. The lowest BCUT2D eigenvalue weighted by molar-refractivity contribution is 0.205. The summed E-state index contributed by atoms with van der Waals surface area (Å²) in [5, 5.41) is 0. The van der Waals surface area contributed by atoms with Gasteiger partial charge >= 0.3 is 6.03 Å². The number of nitrogens with zero attached hydrogens (tertiary/aromatic N) is 1. The molecule has 4 heteroatoms. The highest BCUT2D eigenvalue weighted by molar-refractivity contribution is 5.71. The summed E-state index contributed by atoms with van der Waals surface area (Å²) in [7, 11) is 0. The van der Waals surface area contributed by atoms with E-state index < -0.39 is 0 Å². The molecule has 0 radical (unpaired) electrons. The summed E-state index contributed by atoms with van der Waals surface area (Å²) in [6.07, 6.45) is 0.768. The van der Waals surface area contributed by atoms with Gasteiger partial charge in [-0.3, -0.25) is 0 Å². The predicted octanol–water partition coefficient (Wildman–Crippen LogP) is 0.514. The van der Waals surface area contributed by atoms with Crippen LogP contribution in [-0.4, -0.2) is 29.6 Å². The lowest BCUT2D eigenvalue weighted by atomic mass is 10.0. The second kappa shape index (κ2) is 4.30. The van der Waals surface area contributed by atoms with Crippen LogP contribution < -0.4 is 11.5 Å². The summed E-state index contributed by atoms with van der Waals surface area (Å²) in [6, 6.07) is -0.373. The first-order valence-corrected chi connectivity index (χ1v) is 4.20. The number of rotatable bonds is 4. The van der Waals surface area contributed by atoms with E-state index in [4.69, 9.17) is 11.5 Å². The quantitative estimate of drug-likeness (QED) is 0.650. The molecule has 0 saturated heterocycles. The van der Waals surface area contributed by atoms with Crippen LogP contribution >= 0.6 is 0 Å². The van der Waals surface area contributed by atoms with Crippen LogP contribution in [0.1, 0.15) is 27.2 Å². The molecule has 0 aromatic heterocycles. The zero-order chi connectivity index (χ0) is 9.78. The molecular weight excluding hydrogens is 154 g/mol. The Bertz CT molecular complexity index is 151. The van der Waals surface area contributed by atoms with Crippen molar-refractivity contribution in [1.82, 2.24) is 4.90 Å². The Morgan fingerprint density at radius 2 is 2.00 bits per heavy atom. The van der Waals surface area contributed by atoms with E-state index in [2.05, 4.69) is 0 Å². The molecule has 2 amide bonds. The van der Waals surface area contributed by atoms with Gasteiger partial charge in [-0.15, -0.1) is 0 Å². The molecule has 0 aromatic rings. The van der Waals surface area contributed by atoms with E-state index in [1.165, 1.54) is 0 Å². The van der Waals surface area contributed by atoms with Crippen molar-refractivity contribution in [2.45, 2.75) is 32.7 Å². The van der Waals surface area contributed by atoms with E-state index in [0.29, 0.717) is 13.1 Å². The van der Waals surface area contributed by atoms with Crippen molar-refractivity contribution in [3.05, 3.63) is 0 Å². The number of urea groups is 1. The molecule has 0 fully saturated rings. The van der Waals surface area contributed by atoms with Crippen LogP contribution in [0.2, 0.25) is 0 Å². The molecule has 0 saturated carbocycles. The Kier molecular flexibility index (Phi) is 4.03. The second-order valence-corrected chi connectivity index (χ2v) is 3.66. The summed E-state index contributed by atoms with van der Waals surface area (Å²) in [6.45, 7) is 7.04. The van der Waals surface area contributed by atoms with Gasteiger partial charge in [0.2, 0.25) is 0 Å². The molecule has 0 aliphatic carbocycles. The fourth-order valence-electron chi connectivity index (χ4n) is 0.847. The van der Waals surface area contributed by atoms with Crippen molar-refractivity contribution in [2.24, 2.45) is 11.5 Å². The molecule has 0 spiro atoms. The zero-order valence-electron chi connectivity index (χ0n) is 8.13. The number of carbonyl (C=O) groups excluding carboxylic acids is 1. The molecule has 0 heterocycles. The molecule has 0 bridgehead atoms. The summed E-state index contributed by atoms with van der Waals surface area (Å²) in [4.78, 5) is 12.3. The Balaban J connectivity index is 3.81. The Morgan fingerprint density at radius 3 is 2.25 bits per heavy atom. The molecule has 0 aliphatic rings. The monoisotopic (exact) mass is 173 g/mol. The zero-order valence-corrected chi connectivity index (χ0v) is 8.13. The third-order valence-corrected chi connectivity index (χ3v) is 1.72. The van der Waals surface area contributed by atoms with E-state index in [1.54, 1.807) is 4.90 Å². The van der Waals surface area contributed by atoms with Crippen molar-refractivity contribution in [1.29, 1.82) is 0 Å². The summed E-state index contributed by atoms with van der Waals surface area (Å²) >= 11 is 0. The van der Waals surface area contributed by atoms with Crippen LogP contribution in [0.4, 0.5) is 4.79 Å². The first-order chi connectivity index (χ1) is 5.37. The minimum absolute atomic E-state index is 0.233. The summed E-state index contributed by atoms with van der Waals surface area (Å²) in [5.41, 5.74) is 10.6. The lowest BCUT2D eigenvalue weighted by Crippen LogP contribution is -2.41. The van der Waals surface area contributed by atoms with Crippen LogP contribution in [0.3, 0.4) is 0 Å². The number of amides is 2. The highest BCUT2D eigenvalue weighted by Crippen LogP contribution is 2.04. The Morgan fingerprint density at radius 1 is 1.50 bits per heavy atom. The molecule has 0 rings (SSSR count). The molecule has 0 aromatic carbocycles. The van der Waals surface area contributed by atoms with Gasteiger partial charge in [-0.1, -0.05) is 0 Å². The van der Waals surface area contributed by atoms with E-state index in [1.807, 2.05) is 20.8 Å².